The maximum absolute atomic E-state index is 12.2. The highest BCUT2D eigenvalue weighted by Crippen LogP contribution is 2.21. The van der Waals surface area contributed by atoms with Crippen LogP contribution in [0, 0.1) is 0 Å². The molecule has 1 aromatic carbocycles. The van der Waals surface area contributed by atoms with E-state index in [0.717, 1.165) is 38.0 Å². The molecule has 0 saturated carbocycles. The molecule has 1 amide bonds. The SMILES string of the molecule is CCc1ccc(NCC2CCCN2C(=O)OC(C)(C)C)cc1. The molecule has 0 aliphatic carbocycles. The summed E-state index contributed by atoms with van der Waals surface area (Å²) in [6, 6.07) is 8.70. The second-order valence-corrected chi connectivity index (χ2v) is 6.90. The maximum Gasteiger partial charge on any atom is 0.410 e. The largest absolute Gasteiger partial charge is 0.444 e. The molecule has 4 heteroatoms. The molecule has 1 aliphatic heterocycles. The van der Waals surface area contributed by atoms with Gasteiger partial charge in [0.2, 0.25) is 0 Å². The Morgan fingerprint density at radius 2 is 2.00 bits per heavy atom. The van der Waals surface area contributed by atoms with E-state index in [0.29, 0.717) is 0 Å². The van der Waals surface area contributed by atoms with E-state index in [2.05, 4.69) is 36.5 Å². The van der Waals surface area contributed by atoms with Crippen molar-refractivity contribution in [3.63, 3.8) is 0 Å². The Morgan fingerprint density at radius 3 is 2.59 bits per heavy atom. The predicted molar refractivity (Wildman–Crippen MR) is 90.3 cm³/mol. The van der Waals surface area contributed by atoms with E-state index >= 15 is 0 Å². The lowest BCUT2D eigenvalue weighted by Crippen LogP contribution is -2.42. The van der Waals surface area contributed by atoms with E-state index < -0.39 is 5.60 Å². The van der Waals surface area contributed by atoms with E-state index in [1.54, 1.807) is 0 Å². The van der Waals surface area contributed by atoms with Crippen LogP contribution < -0.4 is 5.32 Å². The van der Waals surface area contributed by atoms with Crippen molar-refractivity contribution < 1.29 is 9.53 Å². The number of amides is 1. The molecule has 1 fully saturated rings. The second-order valence-electron chi connectivity index (χ2n) is 6.90. The van der Waals surface area contributed by atoms with E-state index in [9.17, 15) is 4.79 Å². The molecule has 122 valence electrons. The third-order valence-electron chi connectivity index (χ3n) is 3.91. The minimum atomic E-state index is -0.437. The normalized spacial score (nSPS) is 18.4. The minimum Gasteiger partial charge on any atom is -0.444 e. The fourth-order valence-corrected chi connectivity index (χ4v) is 2.70. The number of hydrogen-bond acceptors (Lipinski definition) is 3. The minimum absolute atomic E-state index is 0.196. The summed E-state index contributed by atoms with van der Waals surface area (Å²) in [4.78, 5) is 14.1. The lowest BCUT2D eigenvalue weighted by Gasteiger charge is -2.29. The summed E-state index contributed by atoms with van der Waals surface area (Å²) in [6.45, 7) is 9.43. The van der Waals surface area contributed by atoms with Crippen molar-refractivity contribution in [2.45, 2.75) is 58.6 Å². The smallest absolute Gasteiger partial charge is 0.410 e. The van der Waals surface area contributed by atoms with Crippen molar-refractivity contribution in [1.29, 1.82) is 0 Å². The van der Waals surface area contributed by atoms with Crippen LogP contribution in [0.5, 0.6) is 0 Å². The first-order valence-corrected chi connectivity index (χ1v) is 8.21. The molecule has 1 atom stereocenters. The van der Waals surface area contributed by atoms with Gasteiger partial charge in [0.1, 0.15) is 5.60 Å². The van der Waals surface area contributed by atoms with Gasteiger partial charge in [-0.15, -0.1) is 0 Å². The van der Waals surface area contributed by atoms with Crippen LogP contribution in [-0.2, 0) is 11.2 Å². The number of aryl methyl sites for hydroxylation is 1. The Morgan fingerprint density at radius 1 is 1.32 bits per heavy atom. The van der Waals surface area contributed by atoms with Gasteiger partial charge in [-0.25, -0.2) is 4.79 Å². The van der Waals surface area contributed by atoms with Crippen LogP contribution in [0.2, 0.25) is 0 Å². The molecule has 0 spiro atoms. The standard InChI is InChI=1S/C18H28N2O2/c1-5-14-8-10-15(11-9-14)19-13-16-7-6-12-20(16)17(21)22-18(2,3)4/h8-11,16,19H,5-7,12-13H2,1-4H3. The average Bonchev–Trinajstić information content (AvgIpc) is 2.92. The van der Waals surface area contributed by atoms with Crippen molar-refractivity contribution in [3.05, 3.63) is 29.8 Å². The van der Waals surface area contributed by atoms with E-state index in [4.69, 9.17) is 4.74 Å². The molecule has 22 heavy (non-hydrogen) atoms. The van der Waals surface area contributed by atoms with Crippen molar-refractivity contribution in [2.24, 2.45) is 0 Å². The summed E-state index contributed by atoms with van der Waals surface area (Å²) in [7, 11) is 0. The van der Waals surface area contributed by atoms with Gasteiger partial charge in [-0.3, -0.25) is 0 Å². The van der Waals surface area contributed by atoms with Crippen LogP contribution in [0.25, 0.3) is 0 Å². The first-order chi connectivity index (χ1) is 10.4. The molecule has 1 saturated heterocycles. The molecule has 0 bridgehead atoms. The lowest BCUT2D eigenvalue weighted by molar-refractivity contribution is 0.0235. The van der Waals surface area contributed by atoms with Crippen LogP contribution in [0.4, 0.5) is 10.5 Å². The van der Waals surface area contributed by atoms with Crippen molar-refractivity contribution in [2.75, 3.05) is 18.4 Å². The van der Waals surface area contributed by atoms with E-state index in [-0.39, 0.29) is 12.1 Å². The van der Waals surface area contributed by atoms with E-state index in [1.165, 1.54) is 5.56 Å². The zero-order chi connectivity index (χ0) is 16.2. The van der Waals surface area contributed by atoms with Crippen LogP contribution in [0.3, 0.4) is 0 Å². The van der Waals surface area contributed by atoms with Gasteiger partial charge >= 0.3 is 6.09 Å². The van der Waals surface area contributed by atoms with Gasteiger partial charge in [-0.05, 0) is 57.7 Å². The van der Waals surface area contributed by atoms with Crippen LogP contribution >= 0.6 is 0 Å². The third kappa shape index (κ3) is 4.65. The zero-order valence-corrected chi connectivity index (χ0v) is 14.2. The summed E-state index contributed by atoms with van der Waals surface area (Å²) in [5.74, 6) is 0. The first kappa shape index (κ1) is 16.7. The van der Waals surface area contributed by atoms with Gasteiger partial charge in [-0.2, -0.15) is 0 Å². The Balaban J connectivity index is 1.89. The number of nitrogens with one attached hydrogen (secondary N) is 1. The molecule has 4 nitrogen and oxygen atoms in total. The summed E-state index contributed by atoms with van der Waals surface area (Å²) < 4.78 is 5.49. The fourth-order valence-electron chi connectivity index (χ4n) is 2.70. The van der Waals surface area contributed by atoms with Gasteiger partial charge < -0.3 is 15.0 Å². The number of rotatable bonds is 4. The number of carbonyl (C=O) groups excluding carboxylic acids is 1. The summed E-state index contributed by atoms with van der Waals surface area (Å²) >= 11 is 0. The molecule has 0 aromatic heterocycles. The monoisotopic (exact) mass is 304 g/mol. The lowest BCUT2D eigenvalue weighted by atomic mass is 10.1. The van der Waals surface area contributed by atoms with Gasteiger partial charge in [0.25, 0.3) is 0 Å². The van der Waals surface area contributed by atoms with Crippen LogP contribution in [-0.4, -0.2) is 35.7 Å². The second kappa shape index (κ2) is 7.03. The Kier molecular flexibility index (Phi) is 5.33. The Bertz CT molecular complexity index is 491. The highest BCUT2D eigenvalue weighted by atomic mass is 16.6. The predicted octanol–water partition coefficient (Wildman–Crippen LogP) is 4.06. The fraction of sp³-hybridized carbons (Fsp3) is 0.611. The highest BCUT2D eigenvalue weighted by molar-refractivity contribution is 5.69. The Labute approximate surface area is 133 Å². The third-order valence-corrected chi connectivity index (χ3v) is 3.91. The zero-order valence-electron chi connectivity index (χ0n) is 14.2. The number of anilines is 1. The van der Waals surface area contributed by atoms with Crippen LogP contribution in [0.1, 0.15) is 46.1 Å². The number of ether oxygens (including phenoxy) is 1. The molecule has 1 heterocycles. The first-order valence-electron chi connectivity index (χ1n) is 8.21. The topological polar surface area (TPSA) is 41.6 Å². The highest BCUT2D eigenvalue weighted by Gasteiger charge is 2.31. The molecular formula is C18H28N2O2. The Hall–Kier alpha value is -1.71. The molecular weight excluding hydrogens is 276 g/mol. The van der Waals surface area contributed by atoms with Crippen molar-refractivity contribution in [3.8, 4) is 0 Å². The number of benzene rings is 1. The van der Waals surface area contributed by atoms with Crippen molar-refractivity contribution in [1.82, 2.24) is 4.90 Å². The van der Waals surface area contributed by atoms with Gasteiger partial charge in [0.15, 0.2) is 0 Å². The van der Waals surface area contributed by atoms with Gasteiger partial charge in [0, 0.05) is 18.8 Å². The molecule has 0 radical (unpaired) electrons. The molecule has 2 rings (SSSR count). The average molecular weight is 304 g/mol. The molecule has 1 aromatic rings. The van der Waals surface area contributed by atoms with Gasteiger partial charge in [-0.1, -0.05) is 19.1 Å². The quantitative estimate of drug-likeness (QED) is 0.912. The number of nitrogens with zero attached hydrogens (tertiary/aromatic N) is 1. The summed E-state index contributed by atoms with van der Waals surface area (Å²) in [5, 5.41) is 3.44. The summed E-state index contributed by atoms with van der Waals surface area (Å²) in [5.41, 5.74) is 2.00. The van der Waals surface area contributed by atoms with Gasteiger partial charge in [0.05, 0.1) is 6.04 Å². The van der Waals surface area contributed by atoms with E-state index in [1.807, 2.05) is 25.7 Å². The number of likely N-dealkylation sites (tertiary alicyclic amines) is 1. The number of hydrogen-bond donors (Lipinski definition) is 1. The molecule has 1 aliphatic rings. The van der Waals surface area contributed by atoms with Crippen molar-refractivity contribution >= 4 is 11.8 Å². The maximum atomic E-state index is 12.2. The number of carbonyl (C=O) groups is 1. The van der Waals surface area contributed by atoms with Crippen LogP contribution in [0.15, 0.2) is 24.3 Å². The summed E-state index contributed by atoms with van der Waals surface area (Å²) in [6.07, 6.45) is 2.92. The molecule has 1 unspecified atom stereocenters. The molecule has 1 N–H and O–H groups in total.